The number of fused-ring (bicyclic) bond motifs is 1. The molecule has 4 rings (SSSR count). The quantitative estimate of drug-likeness (QED) is 0.725. The van der Waals surface area contributed by atoms with Gasteiger partial charge in [0.15, 0.2) is 11.5 Å². The molecule has 8 heteroatoms. The molecule has 3 aromatic rings. The minimum Gasteiger partial charge on any atom is -0.352 e. The molecule has 1 aliphatic heterocycles. The molecular weight excluding hydrogens is 360 g/mol. The van der Waals surface area contributed by atoms with Crippen molar-refractivity contribution >= 4 is 22.9 Å². The molecule has 1 fully saturated rings. The smallest absolute Gasteiger partial charge is 0.252 e. The fraction of sp³-hybridized carbons (Fsp3) is 0.421. The summed E-state index contributed by atoms with van der Waals surface area (Å²) in [7, 11) is 4.23. The minimum atomic E-state index is -0.0674. The molecule has 142 valence electrons. The first-order valence-electron chi connectivity index (χ1n) is 9.16. The van der Waals surface area contributed by atoms with E-state index < -0.39 is 0 Å². The third kappa shape index (κ3) is 3.87. The second-order valence-corrected chi connectivity index (χ2v) is 8.08. The number of thiophene rings is 1. The van der Waals surface area contributed by atoms with Crippen LogP contribution in [0.3, 0.4) is 0 Å². The number of aromatic nitrogens is 3. The van der Waals surface area contributed by atoms with Gasteiger partial charge in [0.25, 0.3) is 5.91 Å². The normalized spacial score (nSPS) is 18.8. The second kappa shape index (κ2) is 7.75. The van der Waals surface area contributed by atoms with Crippen LogP contribution in [0.15, 0.2) is 35.8 Å². The van der Waals surface area contributed by atoms with Crippen molar-refractivity contribution in [1.82, 2.24) is 29.7 Å². The Kier molecular flexibility index (Phi) is 5.20. The number of carbonyl (C=O) groups is 1. The lowest BCUT2D eigenvalue weighted by Gasteiger charge is -2.36. The molecule has 27 heavy (non-hydrogen) atoms. The van der Waals surface area contributed by atoms with Crippen molar-refractivity contribution in [1.29, 1.82) is 0 Å². The van der Waals surface area contributed by atoms with Crippen molar-refractivity contribution in [2.75, 3.05) is 40.3 Å². The molecular formula is C19H24N6OS. The standard InChI is InChI=1S/C19H24N6OS/c1-23-9-10-24(2)16(13-23)18-22-21-17-6-5-14(12-25(17)18)19(26)20-8-7-15-4-3-11-27-15/h3-6,11-12,16H,7-10,13H2,1-2H3,(H,20,26)/t16-/m1/s1. The number of amides is 1. The lowest BCUT2D eigenvalue weighted by atomic mass is 10.1. The van der Waals surface area contributed by atoms with Gasteiger partial charge >= 0.3 is 0 Å². The van der Waals surface area contributed by atoms with Gasteiger partial charge in [-0.2, -0.15) is 0 Å². The van der Waals surface area contributed by atoms with Gasteiger partial charge in [0.1, 0.15) is 0 Å². The summed E-state index contributed by atoms with van der Waals surface area (Å²) >= 11 is 1.71. The monoisotopic (exact) mass is 384 g/mol. The maximum Gasteiger partial charge on any atom is 0.252 e. The van der Waals surface area contributed by atoms with E-state index in [2.05, 4.69) is 50.9 Å². The highest BCUT2D eigenvalue weighted by Crippen LogP contribution is 2.22. The van der Waals surface area contributed by atoms with Crippen LogP contribution in [0.4, 0.5) is 0 Å². The molecule has 1 saturated heterocycles. The van der Waals surface area contributed by atoms with Gasteiger partial charge in [-0.15, -0.1) is 21.5 Å². The van der Waals surface area contributed by atoms with Crippen molar-refractivity contribution < 1.29 is 4.79 Å². The zero-order valence-electron chi connectivity index (χ0n) is 15.6. The molecule has 1 N–H and O–H groups in total. The molecule has 0 aromatic carbocycles. The van der Waals surface area contributed by atoms with Crippen LogP contribution >= 0.6 is 11.3 Å². The van der Waals surface area contributed by atoms with Gasteiger partial charge in [-0.25, -0.2) is 0 Å². The third-order valence-electron chi connectivity index (χ3n) is 5.08. The molecule has 0 radical (unpaired) electrons. The molecule has 1 aliphatic rings. The molecule has 4 heterocycles. The van der Waals surface area contributed by atoms with Crippen molar-refractivity contribution in [3.63, 3.8) is 0 Å². The van der Waals surface area contributed by atoms with Crippen LogP contribution in [0, 0.1) is 0 Å². The van der Waals surface area contributed by atoms with E-state index >= 15 is 0 Å². The van der Waals surface area contributed by atoms with Gasteiger partial charge in [0, 0.05) is 37.3 Å². The molecule has 1 atom stereocenters. The first kappa shape index (κ1) is 18.1. The van der Waals surface area contributed by atoms with Crippen molar-refractivity contribution in [2.24, 2.45) is 0 Å². The molecule has 3 aromatic heterocycles. The highest BCUT2D eigenvalue weighted by atomic mass is 32.1. The fourth-order valence-electron chi connectivity index (χ4n) is 3.42. The van der Waals surface area contributed by atoms with Crippen LogP contribution in [0.2, 0.25) is 0 Å². The number of likely N-dealkylation sites (N-methyl/N-ethyl adjacent to an activating group) is 2. The lowest BCUT2D eigenvalue weighted by Crippen LogP contribution is -2.45. The second-order valence-electron chi connectivity index (χ2n) is 7.05. The lowest BCUT2D eigenvalue weighted by molar-refractivity contribution is 0.0953. The van der Waals surface area contributed by atoms with Crippen molar-refractivity contribution in [3.8, 4) is 0 Å². The van der Waals surface area contributed by atoms with Crippen LogP contribution < -0.4 is 5.32 Å². The first-order chi connectivity index (χ1) is 13.1. The Morgan fingerprint density at radius 2 is 2.15 bits per heavy atom. The summed E-state index contributed by atoms with van der Waals surface area (Å²) in [5.74, 6) is 0.814. The van der Waals surface area contributed by atoms with Crippen LogP contribution in [0.5, 0.6) is 0 Å². The Morgan fingerprint density at radius 1 is 1.26 bits per heavy atom. The Hall–Kier alpha value is -2.29. The Bertz CT molecular complexity index is 922. The zero-order chi connectivity index (χ0) is 18.8. The average molecular weight is 385 g/mol. The number of piperazine rings is 1. The summed E-state index contributed by atoms with van der Waals surface area (Å²) in [6.07, 6.45) is 2.70. The summed E-state index contributed by atoms with van der Waals surface area (Å²) in [4.78, 5) is 18.4. The van der Waals surface area contributed by atoms with Crippen molar-refractivity contribution in [3.05, 3.63) is 52.1 Å². The Balaban J connectivity index is 1.51. The number of rotatable bonds is 5. The largest absolute Gasteiger partial charge is 0.352 e. The Morgan fingerprint density at radius 3 is 2.96 bits per heavy atom. The summed E-state index contributed by atoms with van der Waals surface area (Å²) in [6.45, 7) is 3.55. The van der Waals surface area contributed by atoms with Crippen LogP contribution in [0.1, 0.15) is 27.1 Å². The molecule has 0 aliphatic carbocycles. The van der Waals surface area contributed by atoms with Gasteiger partial charge in [-0.1, -0.05) is 6.07 Å². The summed E-state index contributed by atoms with van der Waals surface area (Å²) < 4.78 is 1.95. The van der Waals surface area contributed by atoms with E-state index in [-0.39, 0.29) is 11.9 Å². The van der Waals surface area contributed by atoms with E-state index in [0.717, 1.165) is 37.5 Å². The minimum absolute atomic E-state index is 0.0674. The van der Waals surface area contributed by atoms with Gasteiger partial charge in [-0.05, 0) is 44.1 Å². The maximum atomic E-state index is 12.6. The SMILES string of the molecule is CN1CCN(C)[C@@H](c2nnc3ccc(C(=O)NCCc4cccs4)cn23)C1. The van der Waals surface area contributed by atoms with E-state index in [1.54, 1.807) is 11.3 Å². The molecule has 7 nitrogen and oxygen atoms in total. The van der Waals surface area contributed by atoms with Gasteiger partial charge in [0.05, 0.1) is 11.6 Å². The fourth-order valence-corrected chi connectivity index (χ4v) is 4.12. The van der Waals surface area contributed by atoms with E-state index in [1.165, 1.54) is 4.88 Å². The predicted molar refractivity (Wildman–Crippen MR) is 106 cm³/mol. The summed E-state index contributed by atoms with van der Waals surface area (Å²) in [6, 6.07) is 7.95. The van der Waals surface area contributed by atoms with E-state index in [9.17, 15) is 4.79 Å². The molecule has 0 bridgehead atoms. The molecule has 0 unspecified atom stereocenters. The number of pyridine rings is 1. The molecule has 1 amide bonds. The molecule has 0 saturated carbocycles. The highest BCUT2D eigenvalue weighted by Gasteiger charge is 2.28. The van der Waals surface area contributed by atoms with Crippen molar-refractivity contribution in [2.45, 2.75) is 12.5 Å². The summed E-state index contributed by atoms with van der Waals surface area (Å²) in [5.41, 5.74) is 1.39. The van der Waals surface area contributed by atoms with Gasteiger partial charge in [-0.3, -0.25) is 14.1 Å². The third-order valence-corrected chi connectivity index (χ3v) is 6.01. The number of hydrogen-bond acceptors (Lipinski definition) is 6. The van der Waals surface area contributed by atoms with Gasteiger partial charge < -0.3 is 10.2 Å². The van der Waals surface area contributed by atoms with Crippen LogP contribution in [0.25, 0.3) is 5.65 Å². The number of carbonyl (C=O) groups excluding carboxylic acids is 1. The Labute approximate surface area is 162 Å². The highest BCUT2D eigenvalue weighted by molar-refractivity contribution is 7.09. The maximum absolute atomic E-state index is 12.6. The number of hydrogen-bond donors (Lipinski definition) is 1. The van der Waals surface area contributed by atoms with Crippen LogP contribution in [-0.2, 0) is 6.42 Å². The topological polar surface area (TPSA) is 65.8 Å². The first-order valence-corrected chi connectivity index (χ1v) is 10.0. The van der Waals surface area contributed by atoms with E-state index in [1.807, 2.05) is 28.8 Å². The molecule has 0 spiro atoms. The van der Waals surface area contributed by atoms with E-state index in [4.69, 9.17) is 0 Å². The number of nitrogens with zero attached hydrogens (tertiary/aromatic N) is 5. The van der Waals surface area contributed by atoms with Gasteiger partial charge in [0.2, 0.25) is 0 Å². The van der Waals surface area contributed by atoms with E-state index in [0.29, 0.717) is 12.1 Å². The van der Waals surface area contributed by atoms with Crippen LogP contribution in [-0.4, -0.2) is 70.6 Å². The predicted octanol–water partition coefficient (Wildman–Crippen LogP) is 1.68. The zero-order valence-corrected chi connectivity index (χ0v) is 16.4. The average Bonchev–Trinajstić information content (AvgIpc) is 3.32. The summed E-state index contributed by atoms with van der Waals surface area (Å²) in [5, 5.41) is 13.8. The number of nitrogens with one attached hydrogen (secondary N) is 1.